The molecule has 0 fully saturated rings. The van der Waals surface area contributed by atoms with E-state index in [1.54, 1.807) is 0 Å². The number of likely N-dealkylation sites (N-methyl/N-ethyl adjacent to an activating group) is 1. The van der Waals surface area contributed by atoms with Gasteiger partial charge in [0.1, 0.15) is 0 Å². The molecule has 6 heteroatoms. The first-order valence-corrected chi connectivity index (χ1v) is 8.29. The van der Waals surface area contributed by atoms with Gasteiger partial charge in [0, 0.05) is 53.9 Å². The van der Waals surface area contributed by atoms with Crippen molar-refractivity contribution in [2.24, 2.45) is 5.73 Å². The second-order valence-electron chi connectivity index (χ2n) is 5.99. The Morgan fingerprint density at radius 3 is 2.96 bits per heavy atom. The van der Waals surface area contributed by atoms with E-state index in [1.807, 2.05) is 19.4 Å². The zero-order chi connectivity index (χ0) is 16.5. The number of pyridine rings is 1. The molecule has 0 atom stereocenters. The molecular weight excluding hydrogens is 300 g/mol. The van der Waals surface area contributed by atoms with E-state index in [1.165, 1.54) is 21.8 Å². The second kappa shape index (κ2) is 6.14. The van der Waals surface area contributed by atoms with Crippen LogP contribution in [-0.2, 0) is 0 Å². The van der Waals surface area contributed by atoms with Gasteiger partial charge < -0.3 is 16.4 Å². The number of hydrogen-bond acceptors (Lipinski definition) is 6. The molecule has 0 amide bonds. The van der Waals surface area contributed by atoms with Crippen molar-refractivity contribution in [3.63, 3.8) is 0 Å². The highest BCUT2D eigenvalue weighted by Gasteiger charge is 2.24. The number of benzene rings is 2. The van der Waals surface area contributed by atoms with Gasteiger partial charge in [-0.2, -0.15) is 0 Å². The molecule has 0 aliphatic carbocycles. The van der Waals surface area contributed by atoms with Gasteiger partial charge in [0.25, 0.3) is 0 Å². The Morgan fingerprint density at radius 2 is 2.12 bits per heavy atom. The normalized spacial score (nSPS) is 12.8. The van der Waals surface area contributed by atoms with Crippen molar-refractivity contribution in [3.8, 4) is 0 Å². The average Bonchev–Trinajstić information content (AvgIpc) is 2.97. The van der Waals surface area contributed by atoms with Crippen molar-refractivity contribution in [1.82, 2.24) is 10.3 Å². The monoisotopic (exact) mass is 322 g/mol. The lowest BCUT2D eigenvalue weighted by molar-refractivity contribution is 0.824. The van der Waals surface area contributed by atoms with Crippen LogP contribution in [0.1, 0.15) is 0 Å². The molecule has 2 heterocycles. The van der Waals surface area contributed by atoms with E-state index < -0.39 is 0 Å². The Kier molecular flexibility index (Phi) is 3.84. The van der Waals surface area contributed by atoms with E-state index in [2.05, 4.69) is 50.3 Å². The molecule has 1 aliphatic heterocycles. The topological polar surface area (TPSA) is 78.2 Å². The van der Waals surface area contributed by atoms with Gasteiger partial charge in [0.2, 0.25) is 0 Å². The van der Waals surface area contributed by atoms with Crippen molar-refractivity contribution >= 4 is 38.6 Å². The lowest BCUT2D eigenvalue weighted by Gasteiger charge is -2.19. The number of hydrogen-bond donors (Lipinski definition) is 4. The number of rotatable bonds is 6. The number of aromatic nitrogens is 1. The molecule has 3 aromatic rings. The summed E-state index contributed by atoms with van der Waals surface area (Å²) >= 11 is 0. The Morgan fingerprint density at radius 1 is 1.21 bits per heavy atom. The minimum absolute atomic E-state index is 0.598. The predicted octanol–water partition coefficient (Wildman–Crippen LogP) is 2.12. The molecule has 0 spiro atoms. The summed E-state index contributed by atoms with van der Waals surface area (Å²) in [5.41, 5.74) is 12.8. The summed E-state index contributed by atoms with van der Waals surface area (Å²) in [6.45, 7) is 3.17. The number of fused-ring (bicyclic) bond motifs is 2. The molecule has 0 radical (unpaired) electrons. The van der Waals surface area contributed by atoms with E-state index in [0.717, 1.165) is 36.4 Å². The van der Waals surface area contributed by atoms with E-state index in [9.17, 15) is 0 Å². The van der Waals surface area contributed by atoms with E-state index in [-0.39, 0.29) is 0 Å². The summed E-state index contributed by atoms with van der Waals surface area (Å²) in [6, 6.07) is 8.61. The van der Waals surface area contributed by atoms with Crippen LogP contribution in [0.5, 0.6) is 0 Å². The van der Waals surface area contributed by atoms with Crippen molar-refractivity contribution in [2.75, 3.05) is 49.0 Å². The van der Waals surface area contributed by atoms with Crippen LogP contribution in [-0.4, -0.2) is 38.2 Å². The highest BCUT2D eigenvalue weighted by molar-refractivity contribution is 6.21. The van der Waals surface area contributed by atoms with Gasteiger partial charge in [-0.15, -0.1) is 0 Å². The molecule has 2 aromatic carbocycles. The first-order chi connectivity index (χ1) is 11.8. The highest BCUT2D eigenvalue weighted by Crippen LogP contribution is 2.45. The molecule has 1 aliphatic rings. The van der Waals surface area contributed by atoms with Crippen molar-refractivity contribution in [1.29, 1.82) is 0 Å². The number of nitrogens with one attached hydrogen (secondary N) is 3. The van der Waals surface area contributed by atoms with E-state index in [0.29, 0.717) is 6.54 Å². The third-order valence-corrected chi connectivity index (χ3v) is 4.48. The van der Waals surface area contributed by atoms with Crippen LogP contribution >= 0.6 is 0 Å². The Labute approximate surface area is 141 Å². The Hall–Kier alpha value is -2.57. The van der Waals surface area contributed by atoms with Crippen LogP contribution in [0.25, 0.3) is 21.5 Å². The second-order valence-corrected chi connectivity index (χ2v) is 5.99. The molecule has 0 saturated heterocycles. The standard InChI is InChI=1S/C18H22N6/c1-20-7-8-22-15-2-3-16-17-13(15)10-12-4-6-21-11-14(12)18(17)23-24(16)9-5-19/h2-4,6,10-11,20,22-23H,5,7-9,19H2,1H3. The molecule has 124 valence electrons. The zero-order valence-electron chi connectivity index (χ0n) is 13.8. The first-order valence-electron chi connectivity index (χ1n) is 8.29. The van der Waals surface area contributed by atoms with Crippen LogP contribution in [0, 0.1) is 0 Å². The van der Waals surface area contributed by atoms with Gasteiger partial charge in [-0.25, -0.2) is 0 Å². The minimum atomic E-state index is 0.598. The average molecular weight is 322 g/mol. The van der Waals surface area contributed by atoms with Crippen molar-refractivity contribution in [3.05, 3.63) is 36.7 Å². The summed E-state index contributed by atoms with van der Waals surface area (Å²) in [4.78, 5) is 4.30. The maximum atomic E-state index is 5.78. The molecule has 4 rings (SSSR count). The van der Waals surface area contributed by atoms with Crippen LogP contribution in [0.4, 0.5) is 17.1 Å². The maximum absolute atomic E-state index is 5.78. The fraction of sp³-hybridized carbons (Fsp3) is 0.278. The van der Waals surface area contributed by atoms with Gasteiger partial charge in [0.15, 0.2) is 0 Å². The summed E-state index contributed by atoms with van der Waals surface area (Å²) in [5, 5.41) is 13.6. The Balaban J connectivity index is 1.92. The number of hydrazine groups is 1. The molecule has 6 nitrogen and oxygen atoms in total. The lowest BCUT2D eigenvalue weighted by Crippen LogP contribution is -2.31. The van der Waals surface area contributed by atoms with Gasteiger partial charge in [0.05, 0.1) is 17.9 Å². The van der Waals surface area contributed by atoms with Gasteiger partial charge in [-0.1, -0.05) is 0 Å². The van der Waals surface area contributed by atoms with Crippen LogP contribution in [0.15, 0.2) is 36.7 Å². The lowest BCUT2D eigenvalue weighted by atomic mass is 10.0. The van der Waals surface area contributed by atoms with Gasteiger partial charge >= 0.3 is 0 Å². The molecule has 0 saturated carbocycles. The van der Waals surface area contributed by atoms with Crippen molar-refractivity contribution in [2.45, 2.75) is 0 Å². The zero-order valence-corrected chi connectivity index (χ0v) is 13.8. The summed E-state index contributed by atoms with van der Waals surface area (Å²) in [6.07, 6.45) is 3.76. The largest absolute Gasteiger partial charge is 0.383 e. The van der Waals surface area contributed by atoms with E-state index >= 15 is 0 Å². The van der Waals surface area contributed by atoms with Crippen LogP contribution in [0.2, 0.25) is 0 Å². The molecule has 0 bridgehead atoms. The third kappa shape index (κ3) is 2.31. The fourth-order valence-corrected chi connectivity index (χ4v) is 3.37. The van der Waals surface area contributed by atoms with Gasteiger partial charge in [-0.3, -0.25) is 15.4 Å². The number of anilines is 3. The van der Waals surface area contributed by atoms with Crippen LogP contribution < -0.4 is 26.8 Å². The van der Waals surface area contributed by atoms with Crippen molar-refractivity contribution < 1.29 is 0 Å². The van der Waals surface area contributed by atoms with E-state index in [4.69, 9.17) is 5.73 Å². The van der Waals surface area contributed by atoms with Crippen LogP contribution in [0.3, 0.4) is 0 Å². The molecule has 0 unspecified atom stereocenters. The smallest absolute Gasteiger partial charge is 0.0736 e. The minimum Gasteiger partial charge on any atom is -0.383 e. The Bertz CT molecular complexity index is 891. The predicted molar refractivity (Wildman–Crippen MR) is 102 cm³/mol. The van der Waals surface area contributed by atoms with Gasteiger partial charge in [-0.05, 0) is 36.7 Å². The number of nitrogens with zero attached hydrogens (tertiary/aromatic N) is 2. The first kappa shape index (κ1) is 15.0. The molecule has 1 aromatic heterocycles. The summed E-state index contributed by atoms with van der Waals surface area (Å²) in [5.74, 6) is 0. The summed E-state index contributed by atoms with van der Waals surface area (Å²) in [7, 11) is 1.96. The molecule has 5 N–H and O–H groups in total. The highest BCUT2D eigenvalue weighted by atomic mass is 15.5. The SMILES string of the molecule is CNCCNc1ccc2c3c(c4cnccc4cc13)NN2CCN. The quantitative estimate of drug-likeness (QED) is 0.411. The maximum Gasteiger partial charge on any atom is 0.0736 e. The number of nitrogens with two attached hydrogens (primary N) is 1. The fourth-order valence-electron chi connectivity index (χ4n) is 3.37. The third-order valence-electron chi connectivity index (χ3n) is 4.48. The molecule has 24 heavy (non-hydrogen) atoms. The molecular formula is C18H22N6. The summed E-state index contributed by atoms with van der Waals surface area (Å²) < 4.78 is 0.